The van der Waals surface area contributed by atoms with Gasteiger partial charge in [0.05, 0.1) is 19.0 Å². The van der Waals surface area contributed by atoms with Gasteiger partial charge in [-0.3, -0.25) is 20.4 Å². The maximum absolute atomic E-state index is 3.72. The molecule has 0 bridgehead atoms. The van der Waals surface area contributed by atoms with E-state index in [-0.39, 0.29) is 0 Å². The third kappa shape index (κ3) is 2.12. The second-order valence-corrected chi connectivity index (χ2v) is 7.62. The highest BCUT2D eigenvalue weighted by Crippen LogP contribution is 2.32. The van der Waals surface area contributed by atoms with Crippen molar-refractivity contribution in [3.05, 3.63) is 0 Å². The van der Waals surface area contributed by atoms with Crippen LogP contribution in [0.15, 0.2) is 0 Å². The van der Waals surface area contributed by atoms with Crippen molar-refractivity contribution in [2.75, 3.05) is 32.8 Å². The zero-order chi connectivity index (χ0) is 12.3. The Kier molecular flexibility index (Phi) is 2.57. The van der Waals surface area contributed by atoms with Crippen molar-refractivity contribution in [2.45, 2.75) is 40.0 Å². The monoisotopic (exact) mass is 238 g/mol. The van der Waals surface area contributed by atoms with Crippen LogP contribution in [0.4, 0.5) is 0 Å². The van der Waals surface area contributed by atoms with Gasteiger partial charge < -0.3 is 0 Å². The minimum absolute atomic E-state index is 0.403. The largest absolute Gasteiger partial charge is 0.299 e. The predicted molar refractivity (Wildman–Crippen MR) is 69.4 cm³/mol. The molecular weight excluding hydrogens is 212 g/mol. The average molecular weight is 238 g/mol. The van der Waals surface area contributed by atoms with E-state index in [0.29, 0.717) is 23.2 Å². The molecule has 0 aliphatic carbocycles. The van der Waals surface area contributed by atoms with E-state index in [1.807, 2.05) is 0 Å². The molecule has 0 radical (unpaired) electrons. The highest BCUT2D eigenvalue weighted by atomic mass is 15.5. The number of hydrogen-bond acceptors (Lipinski definition) is 4. The quantitative estimate of drug-likeness (QED) is 0.642. The predicted octanol–water partition coefficient (Wildman–Crippen LogP) is 0.473. The Morgan fingerprint density at radius 1 is 0.824 bits per heavy atom. The maximum atomic E-state index is 3.72. The molecule has 4 nitrogen and oxygen atoms in total. The Morgan fingerprint density at radius 2 is 1.24 bits per heavy atom. The molecule has 0 amide bonds. The maximum Gasteiger partial charge on any atom is 0.0905 e. The molecule has 3 aliphatic rings. The molecule has 0 saturated carbocycles. The van der Waals surface area contributed by atoms with Gasteiger partial charge in [0, 0.05) is 26.2 Å². The molecule has 0 aromatic carbocycles. The number of fused-ring (bicyclic) bond motifs is 3. The molecular formula is C13H26N4. The van der Waals surface area contributed by atoms with Gasteiger partial charge in [-0.2, -0.15) is 0 Å². The van der Waals surface area contributed by atoms with Gasteiger partial charge >= 0.3 is 0 Å². The van der Waals surface area contributed by atoms with E-state index in [1.165, 1.54) is 13.1 Å². The van der Waals surface area contributed by atoms with Crippen LogP contribution >= 0.6 is 0 Å². The summed E-state index contributed by atoms with van der Waals surface area (Å²) in [6, 6.07) is 0. The minimum Gasteiger partial charge on any atom is -0.299 e. The molecule has 3 aliphatic heterocycles. The lowest BCUT2D eigenvalue weighted by molar-refractivity contribution is 0.0686. The summed E-state index contributed by atoms with van der Waals surface area (Å²) in [6.07, 6.45) is 1.03. The molecule has 0 unspecified atom stereocenters. The van der Waals surface area contributed by atoms with Gasteiger partial charge in [-0.15, -0.1) is 0 Å². The molecule has 3 rings (SSSR count). The number of nitrogens with one attached hydrogen (secondary N) is 2. The summed E-state index contributed by atoms with van der Waals surface area (Å²) in [5.41, 5.74) is 0.807. The smallest absolute Gasteiger partial charge is 0.0905 e. The van der Waals surface area contributed by atoms with E-state index in [9.17, 15) is 0 Å². The first-order valence-electron chi connectivity index (χ1n) is 6.81. The molecule has 2 atom stereocenters. The molecule has 0 aromatic rings. The lowest BCUT2D eigenvalue weighted by atomic mass is 9.89. The highest BCUT2D eigenvalue weighted by Gasteiger charge is 2.48. The fourth-order valence-corrected chi connectivity index (χ4v) is 3.56. The van der Waals surface area contributed by atoms with Gasteiger partial charge in [-0.1, -0.05) is 27.7 Å². The van der Waals surface area contributed by atoms with Crippen molar-refractivity contribution in [2.24, 2.45) is 10.8 Å². The Hall–Kier alpha value is -0.160. The van der Waals surface area contributed by atoms with Crippen molar-refractivity contribution in [3.8, 4) is 0 Å². The van der Waals surface area contributed by atoms with Gasteiger partial charge in [0.2, 0.25) is 0 Å². The van der Waals surface area contributed by atoms with Crippen LogP contribution < -0.4 is 10.6 Å². The Balaban J connectivity index is 1.74. The Labute approximate surface area is 105 Å². The first-order valence-corrected chi connectivity index (χ1v) is 6.81. The van der Waals surface area contributed by atoms with Crippen LogP contribution in [-0.4, -0.2) is 55.0 Å². The topological polar surface area (TPSA) is 30.5 Å². The van der Waals surface area contributed by atoms with Crippen LogP contribution in [0.3, 0.4) is 0 Å². The third-order valence-corrected chi connectivity index (χ3v) is 4.29. The second kappa shape index (κ2) is 3.67. The van der Waals surface area contributed by atoms with Crippen LogP contribution in [0.5, 0.6) is 0 Å². The van der Waals surface area contributed by atoms with Crippen molar-refractivity contribution in [1.29, 1.82) is 0 Å². The van der Waals surface area contributed by atoms with Crippen molar-refractivity contribution < 1.29 is 0 Å². The summed E-state index contributed by atoms with van der Waals surface area (Å²) in [5.74, 6) is 0. The zero-order valence-corrected chi connectivity index (χ0v) is 11.6. The third-order valence-electron chi connectivity index (χ3n) is 4.29. The summed E-state index contributed by atoms with van der Waals surface area (Å²) in [4.78, 5) is 5.20. The number of rotatable bonds is 0. The van der Waals surface area contributed by atoms with E-state index in [2.05, 4.69) is 48.1 Å². The van der Waals surface area contributed by atoms with E-state index >= 15 is 0 Å². The highest BCUT2D eigenvalue weighted by molar-refractivity contribution is 5.00. The van der Waals surface area contributed by atoms with Crippen LogP contribution in [0.2, 0.25) is 0 Å². The van der Waals surface area contributed by atoms with E-state index in [4.69, 9.17) is 0 Å². The second-order valence-electron chi connectivity index (χ2n) is 7.62. The van der Waals surface area contributed by atoms with Gasteiger partial charge in [0.15, 0.2) is 0 Å². The summed E-state index contributed by atoms with van der Waals surface area (Å²) < 4.78 is 0. The van der Waals surface area contributed by atoms with Gasteiger partial charge in [0.25, 0.3) is 0 Å². The summed E-state index contributed by atoms with van der Waals surface area (Å²) in [7, 11) is 0. The first kappa shape index (κ1) is 11.9. The number of nitrogens with zero attached hydrogens (tertiary/aromatic N) is 2. The van der Waals surface area contributed by atoms with Gasteiger partial charge in [0.1, 0.15) is 0 Å². The van der Waals surface area contributed by atoms with Crippen LogP contribution in [0.1, 0.15) is 27.7 Å². The normalized spacial score (nSPS) is 40.9. The molecule has 4 heteroatoms. The van der Waals surface area contributed by atoms with Crippen molar-refractivity contribution in [3.63, 3.8) is 0 Å². The zero-order valence-electron chi connectivity index (χ0n) is 11.6. The molecule has 3 saturated heterocycles. The number of hydrogen-bond donors (Lipinski definition) is 2. The Bertz CT molecular complexity index is 283. The van der Waals surface area contributed by atoms with E-state index < -0.39 is 0 Å². The Morgan fingerprint density at radius 3 is 1.65 bits per heavy atom. The minimum atomic E-state index is 0.403. The fraction of sp³-hybridized carbons (Fsp3) is 1.00. The summed E-state index contributed by atoms with van der Waals surface area (Å²) >= 11 is 0. The van der Waals surface area contributed by atoms with Crippen LogP contribution in [0.25, 0.3) is 0 Å². The average Bonchev–Trinajstić information content (AvgIpc) is 2.49. The SMILES string of the molecule is CC1(C)CN[C@@H]2[C@@H]3NCC(C)(C)CN3CN2C1. The molecule has 17 heavy (non-hydrogen) atoms. The fourth-order valence-electron chi connectivity index (χ4n) is 3.56. The molecule has 0 spiro atoms. The lowest BCUT2D eigenvalue weighted by Crippen LogP contribution is -2.64. The van der Waals surface area contributed by atoms with Crippen LogP contribution in [-0.2, 0) is 0 Å². The van der Waals surface area contributed by atoms with E-state index in [0.717, 1.165) is 19.8 Å². The lowest BCUT2D eigenvalue weighted by Gasteiger charge is -2.44. The first-order chi connectivity index (χ1) is 7.86. The molecule has 98 valence electrons. The van der Waals surface area contributed by atoms with Gasteiger partial charge in [-0.25, -0.2) is 0 Å². The standard InChI is InChI=1S/C13H26N4/c1-12(2)5-14-10-11-15-6-13(3,4)8-17(11)9-16(10)7-12/h10-11,14-15H,5-9H2,1-4H3/t10-,11+. The summed E-state index contributed by atoms with van der Waals surface area (Å²) in [6.45, 7) is 15.2. The van der Waals surface area contributed by atoms with E-state index in [1.54, 1.807) is 0 Å². The van der Waals surface area contributed by atoms with Crippen molar-refractivity contribution >= 4 is 0 Å². The van der Waals surface area contributed by atoms with Crippen molar-refractivity contribution in [1.82, 2.24) is 20.4 Å². The summed E-state index contributed by atoms with van der Waals surface area (Å²) in [5, 5.41) is 7.44. The molecule has 3 heterocycles. The van der Waals surface area contributed by atoms with Gasteiger partial charge in [-0.05, 0) is 10.8 Å². The molecule has 3 fully saturated rings. The molecule has 2 N–H and O–H groups in total. The molecule has 0 aromatic heterocycles. The van der Waals surface area contributed by atoms with Crippen LogP contribution in [0, 0.1) is 10.8 Å².